The number of hydrogen-bond acceptors (Lipinski definition) is 5. The fourth-order valence-electron chi connectivity index (χ4n) is 5.11. The molecule has 0 atom stereocenters. The van der Waals surface area contributed by atoms with Crippen LogP contribution >= 0.6 is 0 Å². The van der Waals surface area contributed by atoms with E-state index in [0.29, 0.717) is 29.7 Å². The second-order valence-electron chi connectivity index (χ2n) is 9.02. The highest BCUT2D eigenvalue weighted by atomic mass is 16.5. The van der Waals surface area contributed by atoms with E-state index in [4.69, 9.17) is 4.74 Å². The van der Waals surface area contributed by atoms with E-state index in [1.54, 1.807) is 0 Å². The Kier molecular flexibility index (Phi) is 9.93. The van der Waals surface area contributed by atoms with Crippen molar-refractivity contribution in [2.75, 3.05) is 42.6 Å². The molecule has 0 heterocycles. The summed E-state index contributed by atoms with van der Waals surface area (Å²) in [6.45, 7) is 24.1. The number of aryl methyl sites for hydroxylation is 2. The Morgan fingerprint density at radius 2 is 1.17 bits per heavy atom. The quantitative estimate of drug-likeness (QED) is 0.311. The molecule has 0 saturated carbocycles. The van der Waals surface area contributed by atoms with Gasteiger partial charge in [0.25, 0.3) is 0 Å². The summed E-state index contributed by atoms with van der Waals surface area (Å²) in [7, 11) is 0. The standard InChI is InChI=1S/C30H44N2O3/c1-11-25(33)26-21(9)23(17-19(7)27(26)31(12-2)13-3)29(34)24-18-20(8)28(32(14-4)15-5)30(22(24)10)35-16-6/h17-18H,11-16H2,1-10H3. The second-order valence-corrected chi connectivity index (χ2v) is 9.02. The first-order valence-corrected chi connectivity index (χ1v) is 13.1. The normalized spacial score (nSPS) is 10.9. The number of anilines is 2. The maximum atomic E-state index is 14.1. The van der Waals surface area contributed by atoms with Crippen LogP contribution in [0.5, 0.6) is 5.75 Å². The maximum Gasteiger partial charge on any atom is 0.193 e. The second kappa shape index (κ2) is 12.2. The van der Waals surface area contributed by atoms with Gasteiger partial charge in [-0.05, 0) is 91.1 Å². The van der Waals surface area contributed by atoms with Crippen LogP contribution in [0.2, 0.25) is 0 Å². The van der Waals surface area contributed by atoms with Crippen LogP contribution in [0.4, 0.5) is 11.4 Å². The Hall–Kier alpha value is -2.82. The molecule has 0 amide bonds. The lowest BCUT2D eigenvalue weighted by Gasteiger charge is -2.29. The van der Waals surface area contributed by atoms with Gasteiger partial charge < -0.3 is 14.5 Å². The first-order valence-electron chi connectivity index (χ1n) is 13.1. The first-order chi connectivity index (χ1) is 16.6. The van der Waals surface area contributed by atoms with Gasteiger partial charge >= 0.3 is 0 Å². The summed E-state index contributed by atoms with van der Waals surface area (Å²) in [6.07, 6.45) is 0.400. The van der Waals surface area contributed by atoms with E-state index in [0.717, 1.165) is 65.6 Å². The molecule has 0 N–H and O–H groups in total. The van der Waals surface area contributed by atoms with Crippen LogP contribution in [0.25, 0.3) is 0 Å². The average molecular weight is 481 g/mol. The molecule has 0 bridgehead atoms. The number of nitrogens with zero attached hydrogens (tertiary/aromatic N) is 2. The summed E-state index contributed by atoms with van der Waals surface area (Å²) in [5.41, 5.74) is 7.50. The van der Waals surface area contributed by atoms with Crippen molar-refractivity contribution in [1.29, 1.82) is 0 Å². The maximum absolute atomic E-state index is 14.1. The molecule has 2 aromatic carbocycles. The fourth-order valence-corrected chi connectivity index (χ4v) is 5.11. The van der Waals surface area contributed by atoms with Gasteiger partial charge in [0, 0.05) is 54.9 Å². The predicted octanol–water partition coefficient (Wildman–Crippen LogP) is 6.84. The lowest BCUT2D eigenvalue weighted by Crippen LogP contribution is -2.27. The minimum Gasteiger partial charge on any atom is -0.491 e. The molecule has 2 aromatic rings. The summed E-state index contributed by atoms with van der Waals surface area (Å²) in [6, 6.07) is 3.95. The van der Waals surface area contributed by atoms with Crippen LogP contribution in [0.15, 0.2) is 12.1 Å². The van der Waals surface area contributed by atoms with Crippen LogP contribution in [-0.2, 0) is 0 Å². The Morgan fingerprint density at radius 1 is 0.714 bits per heavy atom. The smallest absolute Gasteiger partial charge is 0.193 e. The monoisotopic (exact) mass is 480 g/mol. The molecule has 0 saturated heterocycles. The van der Waals surface area contributed by atoms with Crippen molar-refractivity contribution in [2.24, 2.45) is 0 Å². The van der Waals surface area contributed by atoms with Crippen molar-refractivity contribution in [3.8, 4) is 5.75 Å². The number of ether oxygens (including phenoxy) is 1. The Bertz CT molecular complexity index is 1080. The molecule has 5 nitrogen and oxygen atoms in total. The Labute approximate surface area is 212 Å². The predicted molar refractivity (Wildman–Crippen MR) is 148 cm³/mol. The fraction of sp³-hybridized carbons (Fsp3) is 0.533. The van der Waals surface area contributed by atoms with Crippen molar-refractivity contribution >= 4 is 22.9 Å². The number of carbonyl (C=O) groups excluding carboxylic acids is 2. The molecule has 0 aromatic heterocycles. The molecular formula is C30H44N2O3. The third-order valence-electron chi connectivity index (χ3n) is 6.98. The van der Waals surface area contributed by atoms with Gasteiger partial charge in [-0.3, -0.25) is 9.59 Å². The Balaban J connectivity index is 2.83. The highest BCUT2D eigenvalue weighted by molar-refractivity contribution is 6.15. The van der Waals surface area contributed by atoms with Crippen LogP contribution in [-0.4, -0.2) is 44.4 Å². The third-order valence-corrected chi connectivity index (χ3v) is 6.98. The van der Waals surface area contributed by atoms with Gasteiger partial charge in [-0.2, -0.15) is 0 Å². The van der Waals surface area contributed by atoms with Crippen molar-refractivity contribution < 1.29 is 14.3 Å². The van der Waals surface area contributed by atoms with Crippen molar-refractivity contribution in [3.05, 3.63) is 51.1 Å². The van der Waals surface area contributed by atoms with Gasteiger partial charge in [-0.1, -0.05) is 6.92 Å². The lowest BCUT2D eigenvalue weighted by molar-refractivity contribution is 0.0988. The summed E-state index contributed by atoms with van der Waals surface area (Å²) >= 11 is 0. The number of Topliss-reactive ketones (excluding diaryl/α,β-unsaturated/α-hetero) is 1. The molecule has 0 aliphatic heterocycles. The van der Waals surface area contributed by atoms with E-state index in [2.05, 4.69) is 37.5 Å². The molecule has 0 aliphatic carbocycles. The minimum absolute atomic E-state index is 0.0606. The van der Waals surface area contributed by atoms with E-state index in [1.165, 1.54) is 0 Å². The Morgan fingerprint density at radius 3 is 1.63 bits per heavy atom. The summed E-state index contributed by atoms with van der Waals surface area (Å²) in [4.78, 5) is 31.7. The van der Waals surface area contributed by atoms with Crippen LogP contribution < -0.4 is 14.5 Å². The van der Waals surface area contributed by atoms with E-state index < -0.39 is 0 Å². The molecule has 0 unspecified atom stereocenters. The van der Waals surface area contributed by atoms with Crippen LogP contribution in [0.3, 0.4) is 0 Å². The minimum atomic E-state index is -0.0606. The molecule has 2 rings (SSSR count). The number of hydrogen-bond donors (Lipinski definition) is 0. The molecule has 0 aliphatic rings. The zero-order chi connectivity index (χ0) is 26.4. The van der Waals surface area contributed by atoms with E-state index >= 15 is 0 Å². The van der Waals surface area contributed by atoms with Crippen LogP contribution in [0.1, 0.15) is 96.5 Å². The van der Waals surface area contributed by atoms with Gasteiger partial charge in [0.15, 0.2) is 11.6 Å². The van der Waals surface area contributed by atoms with Crippen LogP contribution in [0, 0.1) is 27.7 Å². The number of carbonyl (C=O) groups is 2. The molecule has 0 radical (unpaired) electrons. The van der Waals surface area contributed by atoms with E-state index in [1.807, 2.05) is 53.7 Å². The zero-order valence-electron chi connectivity index (χ0n) is 23.5. The average Bonchev–Trinajstić information content (AvgIpc) is 2.85. The lowest BCUT2D eigenvalue weighted by atomic mass is 9.87. The van der Waals surface area contributed by atoms with E-state index in [9.17, 15) is 9.59 Å². The molecular weight excluding hydrogens is 436 g/mol. The van der Waals surface area contributed by atoms with Crippen molar-refractivity contribution in [2.45, 2.75) is 75.7 Å². The molecule has 35 heavy (non-hydrogen) atoms. The molecule has 0 fully saturated rings. The molecule has 192 valence electrons. The van der Waals surface area contributed by atoms with Crippen molar-refractivity contribution in [1.82, 2.24) is 0 Å². The summed E-state index contributed by atoms with van der Waals surface area (Å²) in [5, 5.41) is 0. The van der Waals surface area contributed by atoms with Gasteiger partial charge in [-0.25, -0.2) is 0 Å². The van der Waals surface area contributed by atoms with Gasteiger partial charge in [0.05, 0.1) is 18.0 Å². The summed E-state index contributed by atoms with van der Waals surface area (Å²) in [5.74, 6) is 0.787. The highest BCUT2D eigenvalue weighted by Crippen LogP contribution is 2.39. The van der Waals surface area contributed by atoms with E-state index in [-0.39, 0.29) is 11.6 Å². The number of rotatable bonds is 12. The highest BCUT2D eigenvalue weighted by Gasteiger charge is 2.27. The van der Waals surface area contributed by atoms with Crippen molar-refractivity contribution in [3.63, 3.8) is 0 Å². The largest absolute Gasteiger partial charge is 0.491 e. The topological polar surface area (TPSA) is 49.9 Å². The third kappa shape index (κ3) is 5.39. The number of benzene rings is 2. The summed E-state index contributed by atoms with van der Waals surface area (Å²) < 4.78 is 6.12. The SMILES string of the molecule is CCOc1c(C)c(C(=O)c2cc(C)c(N(CC)CC)c(C(=O)CC)c2C)cc(C)c1N(CC)CC. The molecule has 0 spiro atoms. The zero-order valence-corrected chi connectivity index (χ0v) is 23.5. The first kappa shape index (κ1) is 28.4. The van der Waals surface area contributed by atoms with Gasteiger partial charge in [0.2, 0.25) is 0 Å². The van der Waals surface area contributed by atoms with Gasteiger partial charge in [0.1, 0.15) is 5.75 Å². The molecule has 5 heteroatoms. The number of ketones is 2. The van der Waals surface area contributed by atoms with Gasteiger partial charge in [-0.15, -0.1) is 0 Å².